The molecule has 0 bridgehead atoms. The van der Waals surface area contributed by atoms with Crippen molar-refractivity contribution in [2.45, 2.75) is 37.9 Å². The van der Waals surface area contributed by atoms with Crippen molar-refractivity contribution < 1.29 is 14.5 Å². The molecule has 0 saturated carbocycles. The average Bonchev–Trinajstić information content (AvgIpc) is 2.79. The molecule has 1 aliphatic heterocycles. The molecule has 1 atom stereocenters. The first-order valence-corrected chi connectivity index (χ1v) is 11.1. The van der Waals surface area contributed by atoms with Crippen LogP contribution in [0.3, 0.4) is 0 Å². The third kappa shape index (κ3) is 6.48. The highest BCUT2D eigenvalue weighted by atomic mass is 32.2. The summed E-state index contributed by atoms with van der Waals surface area (Å²) in [7, 11) is 0. The largest absolute Gasteiger partial charge is 0.325 e. The molecular formula is C22H23N5O4S. The second-order valence-corrected chi connectivity index (χ2v) is 8.27. The van der Waals surface area contributed by atoms with Gasteiger partial charge < -0.3 is 10.6 Å². The van der Waals surface area contributed by atoms with Crippen LogP contribution in [0.25, 0.3) is 0 Å². The zero-order valence-electron chi connectivity index (χ0n) is 17.5. The Morgan fingerprint density at radius 1 is 1.25 bits per heavy atom. The van der Waals surface area contributed by atoms with Crippen LogP contribution in [0.5, 0.6) is 0 Å². The Kier molecular flexibility index (Phi) is 8.09. The lowest BCUT2D eigenvalue weighted by Gasteiger charge is -2.21. The number of carbonyl (C=O) groups is 2. The maximum Gasteiger partial charge on any atom is 0.271 e. The van der Waals surface area contributed by atoms with E-state index in [9.17, 15) is 19.7 Å². The van der Waals surface area contributed by atoms with Crippen molar-refractivity contribution in [2.24, 2.45) is 10.2 Å². The van der Waals surface area contributed by atoms with Crippen LogP contribution in [-0.4, -0.2) is 32.9 Å². The lowest BCUT2D eigenvalue weighted by molar-refractivity contribution is -0.384. The number of nitrogens with one attached hydrogen (secondary N) is 2. The highest BCUT2D eigenvalue weighted by molar-refractivity contribution is 8.15. The summed E-state index contributed by atoms with van der Waals surface area (Å²) in [6.45, 7) is 2.09. The number of non-ortho nitro benzene ring substituents is 1. The van der Waals surface area contributed by atoms with E-state index in [0.717, 1.165) is 42.3 Å². The molecule has 2 N–H and O–H groups in total. The van der Waals surface area contributed by atoms with Crippen LogP contribution in [0.15, 0.2) is 64.8 Å². The number of nitro groups is 1. The van der Waals surface area contributed by atoms with Gasteiger partial charge in [-0.2, -0.15) is 5.10 Å². The van der Waals surface area contributed by atoms with Crippen LogP contribution in [0, 0.1) is 10.1 Å². The highest BCUT2D eigenvalue weighted by Gasteiger charge is 2.30. The summed E-state index contributed by atoms with van der Waals surface area (Å²) in [5, 5.41) is 24.3. The zero-order valence-corrected chi connectivity index (χ0v) is 18.3. The normalized spacial score (nSPS) is 17.7. The fraction of sp³-hybridized carbons (Fsp3) is 0.273. The van der Waals surface area contributed by atoms with Crippen molar-refractivity contribution in [3.05, 3.63) is 70.3 Å². The van der Waals surface area contributed by atoms with E-state index in [2.05, 4.69) is 27.8 Å². The van der Waals surface area contributed by atoms with E-state index in [1.165, 1.54) is 18.2 Å². The summed E-state index contributed by atoms with van der Waals surface area (Å²) >= 11 is 1.10. The zero-order chi connectivity index (χ0) is 22.9. The number of hydrogen-bond donors (Lipinski definition) is 2. The SMILES string of the molecule is CCCC/C(=N/N=C1\NC(=O)CC(C(=O)Nc2cccc([N+](=O)[O-])c2)S1)c1ccccc1. The van der Waals surface area contributed by atoms with Gasteiger partial charge in [0.15, 0.2) is 5.17 Å². The summed E-state index contributed by atoms with van der Waals surface area (Å²) in [5.74, 6) is -0.775. The summed E-state index contributed by atoms with van der Waals surface area (Å²) < 4.78 is 0. The molecule has 1 unspecified atom stereocenters. The molecule has 10 heteroatoms. The monoisotopic (exact) mass is 453 g/mol. The minimum absolute atomic E-state index is 0.0322. The molecule has 0 radical (unpaired) electrons. The molecule has 3 rings (SSSR count). The number of nitro benzene ring substituents is 1. The van der Waals surface area contributed by atoms with Crippen molar-refractivity contribution in [1.29, 1.82) is 0 Å². The molecule has 2 amide bonds. The van der Waals surface area contributed by atoms with Gasteiger partial charge in [0.1, 0.15) is 5.25 Å². The predicted molar refractivity (Wildman–Crippen MR) is 126 cm³/mol. The van der Waals surface area contributed by atoms with E-state index in [4.69, 9.17) is 0 Å². The van der Waals surface area contributed by atoms with Crippen LogP contribution in [0.4, 0.5) is 11.4 Å². The maximum atomic E-state index is 12.7. The van der Waals surface area contributed by atoms with Crippen molar-refractivity contribution in [2.75, 3.05) is 5.32 Å². The minimum Gasteiger partial charge on any atom is -0.325 e. The Bertz CT molecular complexity index is 1060. The van der Waals surface area contributed by atoms with Crippen LogP contribution < -0.4 is 10.6 Å². The van der Waals surface area contributed by atoms with Crippen molar-refractivity contribution >= 4 is 45.8 Å². The fourth-order valence-electron chi connectivity index (χ4n) is 2.99. The molecule has 0 aromatic heterocycles. The molecule has 32 heavy (non-hydrogen) atoms. The first kappa shape index (κ1) is 23.1. The molecule has 0 spiro atoms. The summed E-state index contributed by atoms with van der Waals surface area (Å²) in [5.41, 5.74) is 1.92. The van der Waals surface area contributed by atoms with Gasteiger partial charge in [-0.15, -0.1) is 5.10 Å². The number of rotatable bonds is 8. The van der Waals surface area contributed by atoms with Gasteiger partial charge in [0, 0.05) is 24.2 Å². The molecule has 166 valence electrons. The number of amidine groups is 1. The van der Waals surface area contributed by atoms with Crippen molar-refractivity contribution in [1.82, 2.24) is 5.32 Å². The summed E-state index contributed by atoms with van der Waals surface area (Å²) in [4.78, 5) is 35.2. The second-order valence-electron chi connectivity index (χ2n) is 7.08. The molecule has 1 aliphatic rings. The van der Waals surface area contributed by atoms with Gasteiger partial charge in [-0.25, -0.2) is 0 Å². The van der Waals surface area contributed by atoms with Crippen LogP contribution in [-0.2, 0) is 9.59 Å². The van der Waals surface area contributed by atoms with E-state index in [1.807, 2.05) is 30.3 Å². The predicted octanol–water partition coefficient (Wildman–Crippen LogP) is 4.11. The molecule has 1 heterocycles. The number of anilines is 1. The van der Waals surface area contributed by atoms with E-state index in [1.54, 1.807) is 6.07 Å². The Morgan fingerprint density at radius 3 is 2.75 bits per heavy atom. The first-order chi connectivity index (χ1) is 15.5. The number of thioether (sulfide) groups is 1. The third-order valence-corrected chi connectivity index (χ3v) is 5.70. The standard InChI is InChI=1S/C22H23N5O4S/c1-2-3-12-18(15-8-5-4-6-9-15)25-26-22-24-20(28)14-19(32-22)21(29)23-16-10-7-11-17(13-16)27(30)31/h4-11,13,19H,2-3,12,14H2,1H3,(H,23,29)(H,24,26,28)/b25-18-. The van der Waals surface area contributed by atoms with Crippen molar-refractivity contribution in [3.8, 4) is 0 Å². The number of hydrogen-bond acceptors (Lipinski definition) is 7. The molecular weight excluding hydrogens is 430 g/mol. The third-order valence-electron chi connectivity index (χ3n) is 4.62. The number of amides is 2. The van der Waals surface area contributed by atoms with Crippen molar-refractivity contribution in [3.63, 3.8) is 0 Å². The lowest BCUT2D eigenvalue weighted by atomic mass is 10.1. The van der Waals surface area contributed by atoms with Crippen LogP contribution in [0.2, 0.25) is 0 Å². The smallest absolute Gasteiger partial charge is 0.271 e. The maximum absolute atomic E-state index is 12.7. The van der Waals surface area contributed by atoms with E-state index in [-0.39, 0.29) is 23.2 Å². The van der Waals surface area contributed by atoms with Gasteiger partial charge in [-0.1, -0.05) is 61.5 Å². The molecule has 0 aliphatic carbocycles. The average molecular weight is 454 g/mol. The topological polar surface area (TPSA) is 126 Å². The Labute approximate surface area is 189 Å². The molecule has 2 aromatic carbocycles. The van der Waals surface area contributed by atoms with Gasteiger partial charge in [0.05, 0.1) is 10.6 Å². The summed E-state index contributed by atoms with van der Waals surface area (Å²) in [6, 6.07) is 15.3. The Balaban J connectivity index is 1.74. The minimum atomic E-state index is -0.729. The van der Waals surface area contributed by atoms with E-state index in [0.29, 0.717) is 5.69 Å². The molecule has 1 saturated heterocycles. The fourth-order valence-corrected chi connectivity index (χ4v) is 3.92. The van der Waals surface area contributed by atoms with Gasteiger partial charge in [-0.3, -0.25) is 19.7 Å². The van der Waals surface area contributed by atoms with Gasteiger partial charge in [-0.05, 0) is 24.5 Å². The van der Waals surface area contributed by atoms with E-state index >= 15 is 0 Å². The first-order valence-electron chi connectivity index (χ1n) is 10.2. The molecule has 1 fully saturated rings. The number of benzene rings is 2. The number of unbranched alkanes of at least 4 members (excludes halogenated alkanes) is 1. The van der Waals surface area contributed by atoms with Crippen LogP contribution in [0.1, 0.15) is 38.2 Å². The van der Waals surface area contributed by atoms with Crippen LogP contribution >= 0.6 is 11.8 Å². The quantitative estimate of drug-likeness (QED) is 0.353. The highest BCUT2D eigenvalue weighted by Crippen LogP contribution is 2.24. The molecule has 9 nitrogen and oxygen atoms in total. The van der Waals surface area contributed by atoms with Gasteiger partial charge >= 0.3 is 0 Å². The summed E-state index contributed by atoms with van der Waals surface area (Å²) in [6.07, 6.45) is 2.67. The number of carbonyl (C=O) groups excluding carboxylic acids is 2. The Hall–Kier alpha value is -3.53. The Morgan fingerprint density at radius 2 is 2.03 bits per heavy atom. The number of nitrogens with zero attached hydrogens (tertiary/aromatic N) is 3. The second kappa shape index (κ2) is 11.2. The lowest BCUT2D eigenvalue weighted by Crippen LogP contribution is -2.41. The van der Waals surface area contributed by atoms with E-state index < -0.39 is 16.1 Å². The van der Waals surface area contributed by atoms with Gasteiger partial charge in [0.25, 0.3) is 5.69 Å². The van der Waals surface area contributed by atoms with Gasteiger partial charge in [0.2, 0.25) is 11.8 Å². The molecule has 2 aromatic rings.